The van der Waals surface area contributed by atoms with Gasteiger partial charge in [0, 0.05) is 23.9 Å². The van der Waals surface area contributed by atoms with Crippen LogP contribution in [0.5, 0.6) is 0 Å². The number of likely N-dealkylation sites (N-methyl/N-ethyl adjacent to an activating group) is 1. The molecular weight excluding hydrogens is 557 g/mol. The molecule has 2 N–H and O–H groups in total. The number of ether oxygens (including phenoxy) is 1. The van der Waals surface area contributed by atoms with Crippen LogP contribution in [0.15, 0.2) is 108 Å². The molecule has 1 amide bonds. The van der Waals surface area contributed by atoms with Crippen LogP contribution in [-0.2, 0) is 16.1 Å². The molecule has 0 spiro atoms. The quantitative estimate of drug-likeness (QED) is 0.152. The number of carbonyl (C=O) groups is 1. The number of fused-ring (bicyclic) bond motifs is 1. The van der Waals surface area contributed by atoms with E-state index < -0.39 is 0 Å². The highest BCUT2D eigenvalue weighted by Gasteiger charge is 2.21. The number of furan rings is 1. The van der Waals surface area contributed by atoms with Crippen LogP contribution in [0.1, 0.15) is 22.7 Å². The Labute approximate surface area is 255 Å². The number of aromatic nitrogens is 1. The van der Waals surface area contributed by atoms with Gasteiger partial charge in [0.15, 0.2) is 0 Å². The number of carbonyl (C=O) groups excluding carboxylic acids is 1. The van der Waals surface area contributed by atoms with E-state index in [0.717, 1.165) is 16.7 Å². The minimum Gasteiger partial charge on any atom is -0.445 e. The van der Waals surface area contributed by atoms with E-state index >= 15 is 0 Å². The summed E-state index contributed by atoms with van der Waals surface area (Å²) in [7, 11) is 3.86. The smallest absolute Gasteiger partial charge is 0.248 e. The van der Waals surface area contributed by atoms with Gasteiger partial charge < -0.3 is 24.7 Å². The third-order valence-electron chi connectivity index (χ3n) is 6.87. The van der Waals surface area contributed by atoms with Crippen molar-refractivity contribution in [2.75, 3.05) is 37.9 Å². The molecule has 44 heavy (non-hydrogen) atoms. The summed E-state index contributed by atoms with van der Waals surface area (Å²) in [4.78, 5) is 18.8. The van der Waals surface area contributed by atoms with Crippen LogP contribution in [0.2, 0.25) is 0 Å². The Kier molecular flexibility index (Phi) is 9.77. The van der Waals surface area contributed by atoms with Crippen LogP contribution < -0.4 is 10.6 Å². The van der Waals surface area contributed by atoms with Crippen molar-refractivity contribution in [2.24, 2.45) is 0 Å². The fourth-order valence-electron chi connectivity index (χ4n) is 4.77. The molecular formula is C35H32FN5O3. The maximum absolute atomic E-state index is 13.7. The van der Waals surface area contributed by atoms with Crippen LogP contribution >= 0.6 is 0 Å². The Morgan fingerprint density at radius 3 is 2.70 bits per heavy atom. The molecule has 0 aliphatic heterocycles. The third-order valence-corrected chi connectivity index (χ3v) is 6.87. The number of nitrogens with zero attached hydrogens (tertiary/aromatic N) is 3. The zero-order chi connectivity index (χ0) is 30.9. The van der Waals surface area contributed by atoms with E-state index in [0.29, 0.717) is 40.1 Å². The molecule has 2 heterocycles. The lowest BCUT2D eigenvalue weighted by molar-refractivity contribution is -0.111. The number of rotatable bonds is 12. The van der Waals surface area contributed by atoms with Gasteiger partial charge in [-0.3, -0.25) is 4.79 Å². The average Bonchev–Trinajstić information content (AvgIpc) is 3.46. The molecule has 0 bridgehead atoms. The molecule has 3 aromatic carbocycles. The SMILES string of the molecule is CN(C)CC=CC(=O)Nc1cccc(-c2coc3ncc(C#N)c(N[C@H](COCc4cccc(F)c4)c4ccccc4)c23)c1. The Balaban J connectivity index is 1.46. The first-order chi connectivity index (χ1) is 21.4. The number of anilines is 2. The third kappa shape index (κ3) is 7.55. The Morgan fingerprint density at radius 2 is 1.93 bits per heavy atom. The van der Waals surface area contributed by atoms with E-state index in [1.165, 1.54) is 24.4 Å². The van der Waals surface area contributed by atoms with Gasteiger partial charge in [0.1, 0.15) is 18.1 Å². The van der Waals surface area contributed by atoms with E-state index in [4.69, 9.17) is 9.15 Å². The Bertz CT molecular complexity index is 1810. The van der Waals surface area contributed by atoms with Crippen LogP contribution in [0.3, 0.4) is 0 Å². The van der Waals surface area contributed by atoms with E-state index in [9.17, 15) is 14.4 Å². The first-order valence-corrected chi connectivity index (χ1v) is 14.1. The van der Waals surface area contributed by atoms with Crippen molar-refractivity contribution in [3.63, 3.8) is 0 Å². The number of benzene rings is 3. The summed E-state index contributed by atoms with van der Waals surface area (Å²) in [5, 5.41) is 17.1. The Hall–Kier alpha value is -5.30. The standard InChI is InChI=1S/C35H32FN5O3/c1-41(2)16-8-15-32(42)39-29-14-7-12-26(18-29)30-22-44-35-33(30)34(27(19-37)20-38-35)40-31(25-10-4-3-5-11-25)23-43-21-24-9-6-13-28(36)17-24/h3-15,17-18,20,22,31H,16,21,23H2,1-2H3,(H,38,40)(H,39,42)/t31-/m1/s1. The molecule has 1 atom stereocenters. The van der Waals surface area contributed by atoms with Crippen molar-refractivity contribution in [1.82, 2.24) is 9.88 Å². The van der Waals surface area contributed by atoms with Gasteiger partial charge in [-0.15, -0.1) is 0 Å². The molecule has 222 valence electrons. The van der Waals surface area contributed by atoms with Gasteiger partial charge in [-0.2, -0.15) is 5.26 Å². The predicted molar refractivity (Wildman–Crippen MR) is 169 cm³/mol. The van der Waals surface area contributed by atoms with E-state index in [2.05, 4.69) is 21.7 Å². The summed E-state index contributed by atoms with van der Waals surface area (Å²) in [5.74, 6) is -0.556. The van der Waals surface area contributed by atoms with Gasteiger partial charge in [-0.05, 0) is 55.1 Å². The first kappa shape index (κ1) is 30.2. The van der Waals surface area contributed by atoms with Gasteiger partial charge in [0.25, 0.3) is 0 Å². The number of nitrogens with one attached hydrogen (secondary N) is 2. The molecule has 2 aromatic heterocycles. The zero-order valence-corrected chi connectivity index (χ0v) is 24.5. The monoisotopic (exact) mass is 589 g/mol. The highest BCUT2D eigenvalue weighted by molar-refractivity contribution is 6.04. The van der Waals surface area contributed by atoms with Gasteiger partial charge in [-0.1, -0.05) is 60.7 Å². The predicted octanol–water partition coefficient (Wildman–Crippen LogP) is 6.93. The number of pyridine rings is 1. The molecule has 0 fully saturated rings. The largest absolute Gasteiger partial charge is 0.445 e. The average molecular weight is 590 g/mol. The number of amides is 1. The second-order valence-electron chi connectivity index (χ2n) is 10.5. The molecule has 0 aliphatic rings. The molecule has 0 radical (unpaired) electrons. The minimum atomic E-state index is -0.357. The van der Waals surface area contributed by atoms with Gasteiger partial charge in [0.2, 0.25) is 11.6 Å². The summed E-state index contributed by atoms with van der Waals surface area (Å²) in [6, 6.07) is 25.3. The zero-order valence-electron chi connectivity index (χ0n) is 24.5. The van der Waals surface area contributed by atoms with E-state index in [1.807, 2.05) is 79.7 Å². The van der Waals surface area contributed by atoms with E-state index in [-0.39, 0.29) is 31.0 Å². The fourth-order valence-corrected chi connectivity index (χ4v) is 4.77. The van der Waals surface area contributed by atoms with Crippen molar-refractivity contribution < 1.29 is 18.3 Å². The summed E-state index contributed by atoms with van der Waals surface area (Å²) < 4.78 is 25.6. The van der Waals surface area contributed by atoms with Crippen molar-refractivity contribution in [1.29, 1.82) is 5.26 Å². The second kappa shape index (κ2) is 14.2. The van der Waals surface area contributed by atoms with Gasteiger partial charge in [-0.25, -0.2) is 9.37 Å². The molecule has 0 unspecified atom stereocenters. The summed E-state index contributed by atoms with van der Waals surface area (Å²) in [6.45, 7) is 1.11. The van der Waals surface area contributed by atoms with Gasteiger partial charge >= 0.3 is 0 Å². The number of nitriles is 1. The van der Waals surface area contributed by atoms with Crippen molar-refractivity contribution in [2.45, 2.75) is 12.6 Å². The lowest BCUT2D eigenvalue weighted by Gasteiger charge is -2.22. The van der Waals surface area contributed by atoms with Crippen LogP contribution in [0, 0.1) is 17.1 Å². The van der Waals surface area contributed by atoms with Crippen molar-refractivity contribution in [3.05, 3.63) is 126 Å². The normalized spacial score (nSPS) is 12.0. The molecule has 0 saturated heterocycles. The lowest BCUT2D eigenvalue weighted by atomic mass is 10.0. The number of halogens is 1. The van der Waals surface area contributed by atoms with Crippen molar-refractivity contribution >= 4 is 28.4 Å². The lowest BCUT2D eigenvalue weighted by Crippen LogP contribution is -2.18. The van der Waals surface area contributed by atoms with Crippen LogP contribution in [-0.4, -0.2) is 43.0 Å². The topological polar surface area (TPSA) is 103 Å². The molecule has 8 nitrogen and oxygen atoms in total. The summed E-state index contributed by atoms with van der Waals surface area (Å²) >= 11 is 0. The molecule has 9 heteroatoms. The number of hydrogen-bond donors (Lipinski definition) is 2. The van der Waals surface area contributed by atoms with Gasteiger partial charge in [0.05, 0.1) is 42.1 Å². The summed E-state index contributed by atoms with van der Waals surface area (Å²) in [5.41, 5.74) is 5.00. The van der Waals surface area contributed by atoms with E-state index in [1.54, 1.807) is 18.4 Å². The molecule has 5 rings (SSSR count). The highest BCUT2D eigenvalue weighted by atomic mass is 19.1. The molecule has 0 saturated carbocycles. The summed E-state index contributed by atoms with van der Waals surface area (Å²) in [6.07, 6.45) is 6.37. The maximum Gasteiger partial charge on any atom is 0.248 e. The van der Waals surface area contributed by atoms with Crippen LogP contribution in [0.25, 0.3) is 22.2 Å². The minimum absolute atomic E-state index is 0.222. The van der Waals surface area contributed by atoms with Crippen molar-refractivity contribution in [3.8, 4) is 17.2 Å². The fraction of sp³-hybridized carbons (Fsp3) is 0.171. The Morgan fingerprint density at radius 1 is 1.11 bits per heavy atom. The second-order valence-corrected chi connectivity index (χ2v) is 10.5. The first-order valence-electron chi connectivity index (χ1n) is 14.1. The highest BCUT2D eigenvalue weighted by Crippen LogP contribution is 2.39. The molecule has 0 aliphatic carbocycles. The van der Waals surface area contributed by atoms with Crippen LogP contribution in [0.4, 0.5) is 15.8 Å². The number of hydrogen-bond acceptors (Lipinski definition) is 7. The maximum atomic E-state index is 13.7. The molecule has 5 aromatic rings.